The Balaban J connectivity index is 1.45. The van der Waals surface area contributed by atoms with Crippen molar-refractivity contribution in [3.05, 3.63) is 82.8 Å². The molecule has 4 aromatic heterocycles. The Morgan fingerprint density at radius 2 is 2.06 bits per heavy atom. The topological polar surface area (TPSA) is 125 Å². The zero-order valence-corrected chi connectivity index (χ0v) is 17.9. The van der Waals surface area contributed by atoms with Gasteiger partial charge in [0.2, 0.25) is 11.7 Å². The summed E-state index contributed by atoms with van der Waals surface area (Å²) in [7, 11) is 0. The third-order valence-electron chi connectivity index (χ3n) is 5.54. The number of hydrogen-bond acceptors (Lipinski definition) is 8. The van der Waals surface area contributed by atoms with E-state index in [1.165, 1.54) is 11.3 Å². The summed E-state index contributed by atoms with van der Waals surface area (Å²) >= 11 is 1.52. The molecule has 0 saturated heterocycles. The molecule has 33 heavy (non-hydrogen) atoms. The number of aromatic amines is 1. The van der Waals surface area contributed by atoms with Gasteiger partial charge in [0.15, 0.2) is 5.69 Å². The number of H-pyrrole nitrogens is 1. The minimum Gasteiger partial charge on any atom is -0.428 e. The number of hydrogen-bond donors (Lipinski definition) is 1. The molecule has 0 fully saturated rings. The van der Waals surface area contributed by atoms with E-state index >= 15 is 0 Å². The van der Waals surface area contributed by atoms with Gasteiger partial charge in [0.1, 0.15) is 22.8 Å². The first-order valence-electron chi connectivity index (χ1n) is 10.2. The molecular weight excluding hydrogens is 438 g/mol. The number of nitrogens with one attached hydrogen (secondary N) is 1. The zero-order valence-electron chi connectivity index (χ0n) is 17.1. The molecule has 9 nitrogen and oxygen atoms in total. The van der Waals surface area contributed by atoms with Crippen LogP contribution in [0.1, 0.15) is 38.7 Å². The Bertz CT molecular complexity index is 1500. The van der Waals surface area contributed by atoms with E-state index in [2.05, 4.69) is 19.9 Å². The van der Waals surface area contributed by atoms with Gasteiger partial charge in [-0.1, -0.05) is 18.2 Å². The third-order valence-corrected chi connectivity index (χ3v) is 6.63. The molecular formula is C23H15N7O2S. The molecule has 0 bridgehead atoms. The molecule has 1 amide bonds. The zero-order chi connectivity index (χ0) is 22.4. The van der Waals surface area contributed by atoms with Crippen molar-refractivity contribution in [2.24, 2.45) is 0 Å². The molecule has 0 radical (unpaired) electrons. The molecule has 160 valence electrons. The van der Waals surface area contributed by atoms with E-state index in [0.717, 1.165) is 26.6 Å². The number of nitrogens with zero attached hydrogens (tertiary/aromatic N) is 6. The maximum Gasteiger partial charge on any atom is 0.293 e. The summed E-state index contributed by atoms with van der Waals surface area (Å²) in [5.74, 6) is -0.410. The molecule has 6 rings (SSSR count). The van der Waals surface area contributed by atoms with Gasteiger partial charge in [-0.05, 0) is 24.3 Å². The van der Waals surface area contributed by atoms with E-state index in [1.54, 1.807) is 35.6 Å². The summed E-state index contributed by atoms with van der Waals surface area (Å²) in [5, 5.41) is 10.4. The largest absolute Gasteiger partial charge is 0.428 e. The number of carbonyl (C=O) groups excluding carboxylic acids is 1. The summed E-state index contributed by atoms with van der Waals surface area (Å²) in [4.78, 5) is 36.2. The Hall–Kier alpha value is -4.36. The fourth-order valence-electron chi connectivity index (χ4n) is 4.02. The van der Waals surface area contributed by atoms with Crippen LogP contribution in [0.25, 0.3) is 21.8 Å². The predicted molar refractivity (Wildman–Crippen MR) is 119 cm³/mol. The highest BCUT2D eigenvalue weighted by Crippen LogP contribution is 2.38. The van der Waals surface area contributed by atoms with Gasteiger partial charge in [-0.25, -0.2) is 9.97 Å². The number of rotatable bonds is 3. The lowest BCUT2D eigenvalue weighted by Crippen LogP contribution is -2.40. The first kappa shape index (κ1) is 19.3. The maximum atomic E-state index is 13.7. The van der Waals surface area contributed by atoms with Crippen LogP contribution in [0.5, 0.6) is 0 Å². The van der Waals surface area contributed by atoms with Crippen LogP contribution in [0.4, 0.5) is 0 Å². The van der Waals surface area contributed by atoms with Crippen LogP contribution in [0.15, 0.2) is 59.4 Å². The lowest BCUT2D eigenvalue weighted by atomic mass is 10.0. The van der Waals surface area contributed by atoms with Crippen LogP contribution in [0, 0.1) is 11.3 Å². The number of imidazole rings is 1. The number of benzene rings is 1. The lowest BCUT2D eigenvalue weighted by Gasteiger charge is -2.33. The molecule has 1 aliphatic rings. The number of fused-ring (bicyclic) bond motifs is 2. The highest BCUT2D eigenvalue weighted by molar-refractivity contribution is 7.18. The van der Waals surface area contributed by atoms with E-state index in [4.69, 9.17) is 9.40 Å². The SMILES string of the molecule is N#Cc1nc(-c2ccccn2)oc1C(=O)N1CCc2[nH]cnc2[C@H]1c1nc2ccccc2s1. The Kier molecular flexibility index (Phi) is 4.48. The molecule has 5 aromatic rings. The summed E-state index contributed by atoms with van der Waals surface area (Å²) in [5.41, 5.74) is 2.95. The minimum absolute atomic E-state index is 0.0727. The van der Waals surface area contributed by atoms with Gasteiger partial charge in [0, 0.05) is 24.9 Å². The molecule has 1 atom stereocenters. The van der Waals surface area contributed by atoms with Gasteiger partial charge in [-0.3, -0.25) is 9.78 Å². The van der Waals surface area contributed by atoms with E-state index in [9.17, 15) is 10.1 Å². The van der Waals surface area contributed by atoms with Crippen molar-refractivity contribution in [1.82, 2.24) is 29.8 Å². The van der Waals surface area contributed by atoms with Crippen molar-refractivity contribution < 1.29 is 9.21 Å². The molecule has 5 heterocycles. The summed E-state index contributed by atoms with van der Waals surface area (Å²) in [6, 6.07) is 14.6. The number of oxazole rings is 1. The molecule has 0 saturated carbocycles. The highest BCUT2D eigenvalue weighted by Gasteiger charge is 2.39. The molecule has 0 spiro atoms. The standard InChI is InChI=1S/C23H15N7O2S/c24-11-16-20(32-21(28-16)15-6-3-4-9-25-15)23(31)30-10-8-14-18(27-12-26-14)19(30)22-29-13-5-1-2-7-17(13)33-22/h1-7,9,12,19H,8,10H2,(H,26,27)/t19-/m0/s1. The fourth-order valence-corrected chi connectivity index (χ4v) is 5.11. The average Bonchev–Trinajstić information content (AvgIpc) is 3.61. The second kappa shape index (κ2) is 7.65. The van der Waals surface area contributed by atoms with Gasteiger partial charge in [0.25, 0.3) is 5.91 Å². The fraction of sp³-hybridized carbons (Fsp3) is 0.130. The maximum absolute atomic E-state index is 13.7. The first-order chi connectivity index (χ1) is 16.2. The van der Waals surface area contributed by atoms with Crippen molar-refractivity contribution in [2.45, 2.75) is 12.5 Å². The number of amides is 1. The van der Waals surface area contributed by atoms with E-state index < -0.39 is 11.9 Å². The number of pyridine rings is 1. The van der Waals surface area contributed by atoms with E-state index in [-0.39, 0.29) is 17.3 Å². The van der Waals surface area contributed by atoms with E-state index in [1.807, 2.05) is 30.3 Å². The van der Waals surface area contributed by atoms with Crippen LogP contribution in [-0.2, 0) is 6.42 Å². The molecule has 0 unspecified atom stereocenters. The van der Waals surface area contributed by atoms with Gasteiger partial charge in [-0.15, -0.1) is 11.3 Å². The van der Waals surface area contributed by atoms with Crippen LogP contribution in [0.2, 0.25) is 0 Å². The van der Waals surface area contributed by atoms with Crippen LogP contribution < -0.4 is 0 Å². The van der Waals surface area contributed by atoms with Crippen LogP contribution in [0.3, 0.4) is 0 Å². The molecule has 1 aromatic carbocycles. The number of para-hydroxylation sites is 1. The Labute approximate surface area is 191 Å². The van der Waals surface area contributed by atoms with Crippen molar-refractivity contribution in [3.63, 3.8) is 0 Å². The minimum atomic E-state index is -0.500. The first-order valence-corrected chi connectivity index (χ1v) is 11.1. The Morgan fingerprint density at radius 3 is 2.88 bits per heavy atom. The van der Waals surface area contributed by atoms with Crippen LogP contribution in [-0.4, -0.2) is 42.3 Å². The normalized spacial score (nSPS) is 15.4. The van der Waals surface area contributed by atoms with Crippen molar-refractivity contribution in [2.75, 3.05) is 6.54 Å². The van der Waals surface area contributed by atoms with Crippen LogP contribution >= 0.6 is 11.3 Å². The molecule has 0 aliphatic carbocycles. The number of thiazole rings is 1. The molecule has 1 aliphatic heterocycles. The van der Waals surface area contributed by atoms with Crippen molar-refractivity contribution in [1.29, 1.82) is 5.26 Å². The van der Waals surface area contributed by atoms with Gasteiger partial charge in [0.05, 0.1) is 22.2 Å². The van der Waals surface area contributed by atoms with Gasteiger partial charge in [-0.2, -0.15) is 10.2 Å². The summed E-state index contributed by atoms with van der Waals surface area (Å²) in [6.07, 6.45) is 3.83. The average molecular weight is 453 g/mol. The second-order valence-corrected chi connectivity index (χ2v) is 8.52. The number of nitriles is 1. The lowest BCUT2D eigenvalue weighted by molar-refractivity contribution is 0.0658. The van der Waals surface area contributed by atoms with Crippen molar-refractivity contribution in [3.8, 4) is 17.7 Å². The smallest absolute Gasteiger partial charge is 0.293 e. The second-order valence-electron chi connectivity index (χ2n) is 7.46. The monoisotopic (exact) mass is 453 g/mol. The Morgan fingerprint density at radius 1 is 1.18 bits per heavy atom. The summed E-state index contributed by atoms with van der Waals surface area (Å²) < 4.78 is 6.81. The quantitative estimate of drug-likeness (QED) is 0.441. The van der Waals surface area contributed by atoms with Gasteiger partial charge >= 0.3 is 0 Å². The highest BCUT2D eigenvalue weighted by atomic mass is 32.1. The number of carbonyl (C=O) groups is 1. The van der Waals surface area contributed by atoms with E-state index in [0.29, 0.717) is 18.7 Å². The summed E-state index contributed by atoms with van der Waals surface area (Å²) in [6.45, 7) is 0.416. The predicted octanol–water partition coefficient (Wildman–Crippen LogP) is 3.73. The number of aromatic nitrogens is 5. The molecule has 10 heteroatoms. The van der Waals surface area contributed by atoms with Gasteiger partial charge < -0.3 is 14.3 Å². The third kappa shape index (κ3) is 3.18. The van der Waals surface area contributed by atoms with Crippen molar-refractivity contribution >= 4 is 27.5 Å². The molecule has 1 N–H and O–H groups in total.